The summed E-state index contributed by atoms with van der Waals surface area (Å²) in [5.41, 5.74) is 2.74. The highest BCUT2D eigenvalue weighted by atomic mass is 15.1. The highest BCUT2D eigenvalue weighted by molar-refractivity contribution is 5.46. The molecule has 1 rings (SSSR count). The Morgan fingerprint density at radius 3 is 2.32 bits per heavy atom. The van der Waals surface area contributed by atoms with Crippen LogP contribution >= 0.6 is 0 Å². The summed E-state index contributed by atoms with van der Waals surface area (Å²) < 4.78 is 0. The largest absolute Gasteiger partial charge is 0.375 e. The molecule has 108 valence electrons. The second-order valence-corrected chi connectivity index (χ2v) is 5.25. The maximum absolute atomic E-state index is 3.54. The van der Waals surface area contributed by atoms with Crippen molar-refractivity contribution in [3.8, 4) is 0 Å². The average Bonchev–Trinajstić information content (AvgIpc) is 2.46. The van der Waals surface area contributed by atoms with Gasteiger partial charge in [0, 0.05) is 25.3 Å². The van der Waals surface area contributed by atoms with Gasteiger partial charge in [-0.05, 0) is 49.9 Å². The van der Waals surface area contributed by atoms with Gasteiger partial charge in [0.05, 0.1) is 0 Å². The van der Waals surface area contributed by atoms with Crippen LogP contribution in [0.3, 0.4) is 0 Å². The van der Waals surface area contributed by atoms with Gasteiger partial charge in [0.25, 0.3) is 0 Å². The summed E-state index contributed by atoms with van der Waals surface area (Å²) in [7, 11) is 2.19. The van der Waals surface area contributed by atoms with Crippen LogP contribution in [0.4, 0.5) is 5.69 Å². The second-order valence-electron chi connectivity index (χ2n) is 5.25. The van der Waals surface area contributed by atoms with Crippen molar-refractivity contribution in [3.05, 3.63) is 29.8 Å². The molecule has 0 radical (unpaired) electrons. The summed E-state index contributed by atoms with van der Waals surface area (Å²) >= 11 is 0. The lowest BCUT2D eigenvalue weighted by Gasteiger charge is -2.21. The third-order valence-corrected chi connectivity index (χ3v) is 3.82. The van der Waals surface area contributed by atoms with Crippen molar-refractivity contribution in [1.29, 1.82) is 0 Å². The fourth-order valence-electron chi connectivity index (χ4n) is 2.43. The number of anilines is 1. The van der Waals surface area contributed by atoms with Gasteiger partial charge in [-0.15, -0.1) is 0 Å². The van der Waals surface area contributed by atoms with Crippen LogP contribution in [0, 0.1) is 0 Å². The van der Waals surface area contributed by atoms with Gasteiger partial charge in [-0.25, -0.2) is 0 Å². The Balaban J connectivity index is 2.35. The maximum Gasteiger partial charge on any atom is 0.0363 e. The Morgan fingerprint density at radius 2 is 1.79 bits per heavy atom. The van der Waals surface area contributed by atoms with Crippen LogP contribution in [0.5, 0.6) is 0 Å². The van der Waals surface area contributed by atoms with E-state index in [9.17, 15) is 0 Å². The predicted molar refractivity (Wildman–Crippen MR) is 86.1 cm³/mol. The molecular formula is C17H30N2. The molecule has 0 saturated heterocycles. The van der Waals surface area contributed by atoms with E-state index >= 15 is 0 Å². The molecule has 0 aliphatic heterocycles. The van der Waals surface area contributed by atoms with Crippen LogP contribution in [0.1, 0.15) is 45.6 Å². The lowest BCUT2D eigenvalue weighted by Crippen LogP contribution is -2.29. The lowest BCUT2D eigenvalue weighted by molar-refractivity contribution is 0.468. The Morgan fingerprint density at radius 1 is 1.11 bits per heavy atom. The summed E-state index contributed by atoms with van der Waals surface area (Å²) in [6, 6.07) is 9.63. The molecule has 0 aliphatic rings. The zero-order valence-electron chi connectivity index (χ0n) is 13.1. The van der Waals surface area contributed by atoms with Gasteiger partial charge in [-0.2, -0.15) is 0 Å². The number of benzene rings is 1. The normalized spacial score (nSPS) is 12.4. The van der Waals surface area contributed by atoms with E-state index in [4.69, 9.17) is 0 Å². The number of hydrogen-bond acceptors (Lipinski definition) is 2. The molecule has 0 bridgehead atoms. The topological polar surface area (TPSA) is 15.3 Å². The van der Waals surface area contributed by atoms with Gasteiger partial charge in [0.1, 0.15) is 0 Å². The van der Waals surface area contributed by atoms with Crippen molar-refractivity contribution in [2.24, 2.45) is 0 Å². The summed E-state index contributed by atoms with van der Waals surface area (Å²) in [5, 5.41) is 3.54. The number of rotatable bonds is 9. The molecule has 0 aliphatic carbocycles. The highest BCUT2D eigenvalue weighted by Gasteiger charge is 2.05. The summed E-state index contributed by atoms with van der Waals surface area (Å²) in [5.74, 6) is 0. The van der Waals surface area contributed by atoms with Crippen LogP contribution in [-0.4, -0.2) is 26.2 Å². The molecule has 2 nitrogen and oxygen atoms in total. The number of nitrogens with zero attached hydrogens (tertiary/aromatic N) is 1. The van der Waals surface area contributed by atoms with Gasteiger partial charge in [0.2, 0.25) is 0 Å². The zero-order valence-corrected chi connectivity index (χ0v) is 13.1. The molecular weight excluding hydrogens is 232 g/mol. The molecule has 0 fully saturated rings. The Bertz CT molecular complexity index is 332. The van der Waals surface area contributed by atoms with E-state index in [1.165, 1.54) is 30.5 Å². The number of nitrogens with one attached hydrogen (secondary N) is 1. The van der Waals surface area contributed by atoms with Gasteiger partial charge in [0.15, 0.2) is 0 Å². The smallest absolute Gasteiger partial charge is 0.0363 e. The van der Waals surface area contributed by atoms with E-state index in [1.54, 1.807) is 0 Å². The molecule has 0 amide bonds. The molecule has 19 heavy (non-hydrogen) atoms. The Kier molecular flexibility index (Phi) is 7.57. The number of aryl methyl sites for hydroxylation is 1. The first-order chi connectivity index (χ1) is 9.21. The summed E-state index contributed by atoms with van der Waals surface area (Å²) in [4.78, 5) is 2.36. The van der Waals surface area contributed by atoms with Crippen molar-refractivity contribution >= 4 is 5.69 Å². The Labute approximate surface area is 119 Å². The van der Waals surface area contributed by atoms with Crippen molar-refractivity contribution in [2.45, 2.75) is 52.5 Å². The molecule has 1 aromatic carbocycles. The van der Waals surface area contributed by atoms with Crippen molar-refractivity contribution in [2.75, 3.05) is 25.0 Å². The van der Waals surface area contributed by atoms with E-state index in [0.717, 1.165) is 19.5 Å². The van der Waals surface area contributed by atoms with E-state index in [0.29, 0.717) is 6.04 Å². The van der Waals surface area contributed by atoms with Crippen LogP contribution in [-0.2, 0) is 6.42 Å². The lowest BCUT2D eigenvalue weighted by atomic mass is 10.1. The standard InChI is InChI=1S/C17H30N2/c1-5-15-10-12-17(13-11-15)19(4)14-8-9-16(6-2)18-7-3/h10-13,16,18H,5-9,14H2,1-4H3. The monoisotopic (exact) mass is 262 g/mol. The van der Waals surface area contributed by atoms with Crippen LogP contribution < -0.4 is 10.2 Å². The highest BCUT2D eigenvalue weighted by Crippen LogP contribution is 2.15. The second kappa shape index (κ2) is 8.98. The third-order valence-electron chi connectivity index (χ3n) is 3.82. The van der Waals surface area contributed by atoms with Crippen molar-refractivity contribution in [3.63, 3.8) is 0 Å². The first-order valence-corrected chi connectivity index (χ1v) is 7.74. The van der Waals surface area contributed by atoms with Gasteiger partial charge >= 0.3 is 0 Å². The number of hydrogen-bond donors (Lipinski definition) is 1. The minimum absolute atomic E-state index is 0.681. The van der Waals surface area contributed by atoms with Gasteiger partial charge in [-0.3, -0.25) is 0 Å². The van der Waals surface area contributed by atoms with E-state index < -0.39 is 0 Å². The minimum atomic E-state index is 0.681. The van der Waals surface area contributed by atoms with Crippen molar-refractivity contribution in [1.82, 2.24) is 5.32 Å². The fraction of sp³-hybridized carbons (Fsp3) is 0.647. The first-order valence-electron chi connectivity index (χ1n) is 7.74. The van der Waals surface area contributed by atoms with Crippen LogP contribution in [0.15, 0.2) is 24.3 Å². The predicted octanol–water partition coefficient (Wildman–Crippen LogP) is 3.85. The molecule has 0 aromatic heterocycles. The van der Waals surface area contributed by atoms with Crippen LogP contribution in [0.2, 0.25) is 0 Å². The van der Waals surface area contributed by atoms with Crippen LogP contribution in [0.25, 0.3) is 0 Å². The summed E-state index contributed by atoms with van der Waals surface area (Å²) in [6.07, 6.45) is 4.85. The molecule has 0 saturated carbocycles. The molecule has 1 aromatic rings. The van der Waals surface area contributed by atoms with E-state index in [2.05, 4.69) is 62.3 Å². The molecule has 2 heteroatoms. The zero-order chi connectivity index (χ0) is 14.1. The SMILES string of the molecule is CCNC(CC)CCCN(C)c1ccc(CC)cc1. The minimum Gasteiger partial charge on any atom is -0.375 e. The fourth-order valence-corrected chi connectivity index (χ4v) is 2.43. The summed E-state index contributed by atoms with van der Waals surface area (Å²) in [6.45, 7) is 8.86. The Hall–Kier alpha value is -1.02. The van der Waals surface area contributed by atoms with Gasteiger partial charge in [-0.1, -0.05) is 32.9 Å². The average molecular weight is 262 g/mol. The first kappa shape index (κ1) is 16.0. The quantitative estimate of drug-likeness (QED) is 0.727. The molecule has 1 unspecified atom stereocenters. The van der Waals surface area contributed by atoms with Gasteiger partial charge < -0.3 is 10.2 Å². The molecule has 0 heterocycles. The molecule has 1 N–H and O–H groups in total. The third kappa shape index (κ3) is 5.65. The van der Waals surface area contributed by atoms with E-state index in [-0.39, 0.29) is 0 Å². The van der Waals surface area contributed by atoms with E-state index in [1.807, 2.05) is 0 Å². The van der Waals surface area contributed by atoms with Crippen molar-refractivity contribution < 1.29 is 0 Å². The maximum atomic E-state index is 3.54. The molecule has 1 atom stereocenters. The molecule has 0 spiro atoms.